The second-order valence-corrected chi connectivity index (χ2v) is 11.2. The number of aromatic nitrogens is 3. The smallest absolute Gasteiger partial charge is 0.258 e. The molecule has 1 aliphatic heterocycles. The molecule has 0 unspecified atom stereocenters. The Hall–Kier alpha value is -2.61. The van der Waals surface area contributed by atoms with Crippen LogP contribution < -0.4 is 0 Å². The summed E-state index contributed by atoms with van der Waals surface area (Å²) in [5.74, 6) is 1.06. The molecule has 1 saturated carbocycles. The Kier molecular flexibility index (Phi) is 6.06. The zero-order valence-electron chi connectivity index (χ0n) is 21.2. The predicted molar refractivity (Wildman–Crippen MR) is 134 cm³/mol. The van der Waals surface area contributed by atoms with Gasteiger partial charge < -0.3 is 19.6 Å². The van der Waals surface area contributed by atoms with Crippen molar-refractivity contribution in [1.29, 1.82) is 0 Å². The molecule has 35 heavy (non-hydrogen) atoms. The van der Waals surface area contributed by atoms with Crippen molar-refractivity contribution in [2.45, 2.75) is 70.0 Å². The molecular weight excluding hydrogens is 440 g/mol. The molecule has 1 atom stereocenters. The summed E-state index contributed by atoms with van der Waals surface area (Å²) < 4.78 is 5.51. The van der Waals surface area contributed by atoms with Crippen LogP contribution in [-0.4, -0.2) is 50.4 Å². The standard InChI is InChI=1S/C28H36N4O3/c1-19(2)20-8-10-22(11-9-20)28(34,26(3)17-32(4)18-26)23-14-21(15-29-16-23)24-30-25(35-31-24)27(33)12-6-5-7-13-27/h8-11,14-16,19,33-34H,5-7,12-13,17-18H2,1-4H3/t28-/m0/s1. The number of nitrogens with zero attached hydrogens (tertiary/aromatic N) is 4. The molecule has 2 aromatic heterocycles. The third-order valence-electron chi connectivity index (χ3n) is 8.03. The van der Waals surface area contributed by atoms with Gasteiger partial charge in [-0.3, -0.25) is 4.98 Å². The number of rotatable bonds is 6. The molecular formula is C28H36N4O3. The highest BCUT2D eigenvalue weighted by Crippen LogP contribution is 2.50. The maximum absolute atomic E-state index is 12.4. The summed E-state index contributed by atoms with van der Waals surface area (Å²) in [6.07, 6.45) is 7.68. The molecule has 0 spiro atoms. The Labute approximate surface area is 207 Å². The van der Waals surface area contributed by atoms with Gasteiger partial charge in [-0.1, -0.05) is 69.5 Å². The van der Waals surface area contributed by atoms with Crippen LogP contribution in [-0.2, 0) is 11.2 Å². The normalized spacial score (nSPS) is 21.5. The van der Waals surface area contributed by atoms with E-state index >= 15 is 0 Å². The topological polar surface area (TPSA) is 95.5 Å². The van der Waals surface area contributed by atoms with Gasteiger partial charge in [-0.2, -0.15) is 4.98 Å². The molecule has 7 heteroatoms. The summed E-state index contributed by atoms with van der Waals surface area (Å²) in [5, 5.41) is 27.6. The summed E-state index contributed by atoms with van der Waals surface area (Å²) >= 11 is 0. The number of hydrogen-bond acceptors (Lipinski definition) is 7. The fourth-order valence-corrected chi connectivity index (χ4v) is 5.99. The van der Waals surface area contributed by atoms with Gasteiger partial charge in [0.15, 0.2) is 0 Å². The minimum Gasteiger partial charge on any atom is -0.380 e. The number of aliphatic hydroxyl groups is 2. The van der Waals surface area contributed by atoms with E-state index in [1.54, 1.807) is 12.4 Å². The first-order chi connectivity index (χ1) is 16.6. The van der Waals surface area contributed by atoms with E-state index in [0.29, 0.717) is 35.7 Å². The van der Waals surface area contributed by atoms with E-state index in [0.717, 1.165) is 37.9 Å². The average molecular weight is 477 g/mol. The monoisotopic (exact) mass is 476 g/mol. The lowest BCUT2D eigenvalue weighted by Gasteiger charge is -2.55. The highest BCUT2D eigenvalue weighted by atomic mass is 16.5. The molecule has 2 aliphatic rings. The summed E-state index contributed by atoms with van der Waals surface area (Å²) in [4.78, 5) is 11.2. The van der Waals surface area contributed by atoms with Crippen molar-refractivity contribution in [3.05, 3.63) is 65.3 Å². The van der Waals surface area contributed by atoms with Gasteiger partial charge in [0, 0.05) is 42.0 Å². The Bertz CT molecular complexity index is 1180. The van der Waals surface area contributed by atoms with Crippen LogP contribution in [0.1, 0.15) is 81.4 Å². The van der Waals surface area contributed by atoms with Gasteiger partial charge in [0.2, 0.25) is 5.82 Å². The van der Waals surface area contributed by atoms with Crippen LogP contribution in [0, 0.1) is 5.41 Å². The lowest BCUT2D eigenvalue weighted by atomic mass is 9.62. The molecule has 5 rings (SSSR count). The predicted octanol–water partition coefficient (Wildman–Crippen LogP) is 4.59. The van der Waals surface area contributed by atoms with Crippen LogP contribution in [0.3, 0.4) is 0 Å². The maximum atomic E-state index is 12.4. The van der Waals surface area contributed by atoms with Gasteiger partial charge in [-0.15, -0.1) is 0 Å². The molecule has 7 nitrogen and oxygen atoms in total. The molecule has 186 valence electrons. The molecule has 1 aromatic carbocycles. The summed E-state index contributed by atoms with van der Waals surface area (Å²) in [6.45, 7) is 7.98. The van der Waals surface area contributed by atoms with Crippen molar-refractivity contribution in [2.75, 3.05) is 20.1 Å². The van der Waals surface area contributed by atoms with E-state index in [1.165, 1.54) is 5.56 Å². The van der Waals surface area contributed by atoms with Crippen LogP contribution in [0.5, 0.6) is 0 Å². The SMILES string of the molecule is CC(C)c1ccc([C@](O)(c2cncc(-c3noc(C4(O)CCCCC4)n3)c2)C2(C)CN(C)C2)cc1. The Morgan fingerprint density at radius 1 is 1.03 bits per heavy atom. The zero-order valence-corrected chi connectivity index (χ0v) is 21.2. The number of pyridine rings is 1. The van der Waals surface area contributed by atoms with Crippen molar-refractivity contribution in [3.63, 3.8) is 0 Å². The van der Waals surface area contributed by atoms with Crippen molar-refractivity contribution in [2.24, 2.45) is 5.41 Å². The Morgan fingerprint density at radius 2 is 1.71 bits per heavy atom. The minimum atomic E-state index is -1.24. The van der Waals surface area contributed by atoms with Crippen LogP contribution in [0.2, 0.25) is 0 Å². The average Bonchev–Trinajstić information content (AvgIpc) is 3.35. The van der Waals surface area contributed by atoms with Crippen molar-refractivity contribution < 1.29 is 14.7 Å². The summed E-state index contributed by atoms with van der Waals surface area (Å²) in [6, 6.07) is 10.2. The van der Waals surface area contributed by atoms with Crippen LogP contribution in [0.4, 0.5) is 0 Å². The quantitative estimate of drug-likeness (QED) is 0.537. The molecule has 0 bridgehead atoms. The molecule has 0 radical (unpaired) electrons. The van der Waals surface area contributed by atoms with E-state index in [4.69, 9.17) is 4.52 Å². The summed E-state index contributed by atoms with van der Waals surface area (Å²) in [5.41, 5.74) is 0.752. The highest BCUT2D eigenvalue weighted by molar-refractivity contribution is 5.56. The van der Waals surface area contributed by atoms with Crippen LogP contribution in [0.25, 0.3) is 11.4 Å². The molecule has 2 fully saturated rings. The molecule has 0 amide bonds. The maximum Gasteiger partial charge on any atom is 0.258 e. The Morgan fingerprint density at radius 3 is 2.34 bits per heavy atom. The molecule has 1 saturated heterocycles. The molecule has 3 heterocycles. The van der Waals surface area contributed by atoms with Crippen LogP contribution in [0.15, 0.2) is 47.2 Å². The molecule has 1 aliphatic carbocycles. The van der Waals surface area contributed by atoms with Gasteiger partial charge in [0.25, 0.3) is 5.89 Å². The second-order valence-electron chi connectivity index (χ2n) is 11.2. The number of benzene rings is 1. The van der Waals surface area contributed by atoms with Crippen molar-refractivity contribution >= 4 is 0 Å². The van der Waals surface area contributed by atoms with E-state index < -0.39 is 11.2 Å². The van der Waals surface area contributed by atoms with Crippen molar-refractivity contribution in [1.82, 2.24) is 20.0 Å². The van der Waals surface area contributed by atoms with Gasteiger partial charge in [-0.25, -0.2) is 0 Å². The van der Waals surface area contributed by atoms with Crippen molar-refractivity contribution in [3.8, 4) is 11.4 Å². The fraction of sp³-hybridized carbons (Fsp3) is 0.536. The van der Waals surface area contributed by atoms with Gasteiger partial charge in [0.05, 0.1) is 0 Å². The first-order valence-electron chi connectivity index (χ1n) is 12.7. The zero-order chi connectivity index (χ0) is 24.8. The lowest BCUT2D eigenvalue weighted by molar-refractivity contribution is -0.127. The number of likely N-dealkylation sites (tertiary alicyclic amines) is 1. The van der Waals surface area contributed by atoms with Crippen LogP contribution >= 0.6 is 0 Å². The highest BCUT2D eigenvalue weighted by Gasteiger charge is 2.55. The molecule has 3 aromatic rings. The third-order valence-corrected chi connectivity index (χ3v) is 8.03. The first-order valence-corrected chi connectivity index (χ1v) is 12.7. The number of hydrogen-bond donors (Lipinski definition) is 2. The van der Waals surface area contributed by atoms with Gasteiger partial charge in [-0.05, 0) is 43.0 Å². The van der Waals surface area contributed by atoms with Gasteiger partial charge >= 0.3 is 0 Å². The second kappa shape index (κ2) is 8.80. The Balaban J connectivity index is 1.54. The fourth-order valence-electron chi connectivity index (χ4n) is 5.99. The lowest BCUT2D eigenvalue weighted by Crippen LogP contribution is -2.63. The van der Waals surface area contributed by atoms with E-state index in [-0.39, 0.29) is 11.3 Å². The summed E-state index contributed by atoms with van der Waals surface area (Å²) in [7, 11) is 2.07. The van der Waals surface area contributed by atoms with E-state index in [1.807, 2.05) is 18.2 Å². The van der Waals surface area contributed by atoms with E-state index in [9.17, 15) is 10.2 Å². The largest absolute Gasteiger partial charge is 0.380 e. The van der Waals surface area contributed by atoms with E-state index in [2.05, 4.69) is 60.0 Å². The van der Waals surface area contributed by atoms with Gasteiger partial charge in [0.1, 0.15) is 11.2 Å². The molecule has 2 N–H and O–H groups in total. The minimum absolute atomic E-state index is 0.268. The third kappa shape index (κ3) is 4.09. The first kappa shape index (κ1) is 24.1.